The van der Waals surface area contributed by atoms with E-state index in [1.807, 2.05) is 0 Å². The number of hydrogen-bond acceptors (Lipinski definition) is 7. The molecule has 0 spiro atoms. The number of anilines is 1. The first-order valence-electron chi connectivity index (χ1n) is 8.83. The summed E-state index contributed by atoms with van der Waals surface area (Å²) in [4.78, 5) is 48.7. The summed E-state index contributed by atoms with van der Waals surface area (Å²) in [5.74, 6) is -1.28. The minimum Gasteiger partial charge on any atom is -0.452 e. The summed E-state index contributed by atoms with van der Waals surface area (Å²) < 4.78 is 5.08. The van der Waals surface area contributed by atoms with E-state index in [0.717, 1.165) is 0 Å². The van der Waals surface area contributed by atoms with Crippen molar-refractivity contribution in [2.75, 3.05) is 31.8 Å². The molecule has 0 aliphatic rings. The van der Waals surface area contributed by atoms with E-state index in [1.54, 1.807) is 45.3 Å². The predicted molar refractivity (Wildman–Crippen MR) is 113 cm³/mol. The summed E-state index contributed by atoms with van der Waals surface area (Å²) in [5.41, 5.74) is 0.982. The zero-order valence-corrected chi connectivity index (χ0v) is 17.5. The van der Waals surface area contributed by atoms with Gasteiger partial charge in [0.25, 0.3) is 11.6 Å². The Kier molecular flexibility index (Phi) is 7.93. The molecule has 1 N–H and O–H groups in total. The van der Waals surface area contributed by atoms with Crippen molar-refractivity contribution in [1.29, 1.82) is 0 Å². The third kappa shape index (κ3) is 6.31. The number of benzene rings is 2. The number of amides is 2. The van der Waals surface area contributed by atoms with Crippen LogP contribution in [-0.4, -0.2) is 54.1 Å². The maximum Gasteiger partial charge on any atom is 0.339 e. The van der Waals surface area contributed by atoms with E-state index < -0.39 is 23.4 Å². The number of rotatable bonds is 8. The largest absolute Gasteiger partial charge is 0.452 e. The van der Waals surface area contributed by atoms with Crippen LogP contribution in [0.1, 0.15) is 15.9 Å². The van der Waals surface area contributed by atoms with Crippen LogP contribution in [-0.2, 0) is 14.3 Å². The molecule has 0 heterocycles. The molecule has 158 valence electrons. The van der Waals surface area contributed by atoms with Crippen molar-refractivity contribution >= 4 is 40.9 Å². The Balaban J connectivity index is 1.99. The van der Waals surface area contributed by atoms with Gasteiger partial charge in [-0.25, -0.2) is 4.79 Å². The number of carbonyl (C=O) groups excluding carboxylic acids is 3. The van der Waals surface area contributed by atoms with E-state index in [-0.39, 0.29) is 28.6 Å². The van der Waals surface area contributed by atoms with Crippen LogP contribution in [0.3, 0.4) is 0 Å². The molecule has 9 nitrogen and oxygen atoms in total. The lowest BCUT2D eigenvalue weighted by Gasteiger charge is -2.12. The molecular formula is C20H21N3O6S. The number of hydrogen-bond donors (Lipinski definition) is 1. The van der Waals surface area contributed by atoms with Gasteiger partial charge in [-0.2, -0.15) is 0 Å². The first-order valence-corrected chi connectivity index (χ1v) is 9.81. The molecule has 0 fully saturated rings. The van der Waals surface area contributed by atoms with Crippen LogP contribution < -0.4 is 5.32 Å². The second kappa shape index (κ2) is 10.4. The van der Waals surface area contributed by atoms with Crippen LogP contribution in [0.4, 0.5) is 11.4 Å². The molecule has 2 rings (SSSR count). The molecule has 0 bridgehead atoms. The van der Waals surface area contributed by atoms with Crippen LogP contribution in [0.25, 0.3) is 0 Å². The quantitative estimate of drug-likeness (QED) is 0.295. The highest BCUT2D eigenvalue weighted by Crippen LogP contribution is 2.24. The van der Waals surface area contributed by atoms with Gasteiger partial charge in [0.15, 0.2) is 6.61 Å². The number of thioether (sulfide) groups is 1. The molecule has 30 heavy (non-hydrogen) atoms. The van der Waals surface area contributed by atoms with Crippen molar-refractivity contribution < 1.29 is 24.0 Å². The second-order valence-electron chi connectivity index (χ2n) is 6.45. The summed E-state index contributed by atoms with van der Waals surface area (Å²) in [6.07, 6.45) is 0. The van der Waals surface area contributed by atoms with E-state index in [4.69, 9.17) is 4.74 Å². The number of carbonyl (C=O) groups is 3. The highest BCUT2D eigenvalue weighted by molar-refractivity contribution is 8.00. The number of nitrogens with one attached hydrogen (secondary N) is 1. The Morgan fingerprint density at radius 3 is 2.53 bits per heavy atom. The highest BCUT2D eigenvalue weighted by atomic mass is 32.2. The third-order valence-corrected chi connectivity index (χ3v) is 5.06. The van der Waals surface area contributed by atoms with Gasteiger partial charge in [-0.15, -0.1) is 11.8 Å². The number of nitrogens with zero attached hydrogens (tertiary/aromatic N) is 2. The molecule has 0 aromatic heterocycles. The maximum absolute atomic E-state index is 12.4. The number of non-ortho nitro benzene ring substituents is 1. The van der Waals surface area contributed by atoms with Crippen LogP contribution >= 0.6 is 11.8 Å². The van der Waals surface area contributed by atoms with Crippen molar-refractivity contribution in [2.24, 2.45) is 0 Å². The maximum atomic E-state index is 12.4. The fourth-order valence-electron chi connectivity index (χ4n) is 2.28. The zero-order valence-electron chi connectivity index (χ0n) is 16.7. The molecule has 2 aromatic carbocycles. The molecule has 0 atom stereocenters. The van der Waals surface area contributed by atoms with Crippen molar-refractivity contribution in [3.05, 3.63) is 63.7 Å². The molecule has 10 heteroatoms. The van der Waals surface area contributed by atoms with Crippen LogP contribution in [0, 0.1) is 17.0 Å². The monoisotopic (exact) mass is 431 g/mol. The lowest BCUT2D eigenvalue weighted by Crippen LogP contribution is -2.23. The molecule has 0 aliphatic heterocycles. The van der Waals surface area contributed by atoms with Gasteiger partial charge >= 0.3 is 5.97 Å². The Morgan fingerprint density at radius 2 is 1.87 bits per heavy atom. The molecule has 0 saturated carbocycles. The van der Waals surface area contributed by atoms with Gasteiger partial charge in [0.05, 0.1) is 21.9 Å². The minimum absolute atomic E-state index is 0.102. The summed E-state index contributed by atoms with van der Waals surface area (Å²) >= 11 is 1.20. The molecule has 2 amide bonds. The van der Waals surface area contributed by atoms with Gasteiger partial charge in [-0.1, -0.05) is 18.2 Å². The lowest BCUT2D eigenvalue weighted by molar-refractivity contribution is -0.384. The fraction of sp³-hybridized carbons (Fsp3) is 0.250. The molecular weight excluding hydrogens is 410 g/mol. The smallest absolute Gasteiger partial charge is 0.339 e. The highest BCUT2D eigenvalue weighted by Gasteiger charge is 2.17. The summed E-state index contributed by atoms with van der Waals surface area (Å²) in [5, 5.41) is 13.4. The number of nitro groups is 1. The van der Waals surface area contributed by atoms with Crippen LogP contribution in [0.2, 0.25) is 0 Å². The van der Waals surface area contributed by atoms with Crippen molar-refractivity contribution in [3.63, 3.8) is 0 Å². The zero-order chi connectivity index (χ0) is 22.3. The minimum atomic E-state index is -0.707. The van der Waals surface area contributed by atoms with Gasteiger partial charge < -0.3 is 15.0 Å². The van der Waals surface area contributed by atoms with Gasteiger partial charge in [0.2, 0.25) is 5.91 Å². The average Bonchev–Trinajstić information content (AvgIpc) is 2.71. The van der Waals surface area contributed by atoms with Gasteiger partial charge in [-0.05, 0) is 24.6 Å². The van der Waals surface area contributed by atoms with Gasteiger partial charge in [0.1, 0.15) is 0 Å². The normalized spacial score (nSPS) is 10.2. The Labute approximate surface area is 177 Å². The standard InChI is InChI=1S/C20H21N3O6S/c1-13-8-9-14(23(27)28)10-16(13)21-18(24)11-29-20(26)15-6-4-5-7-17(15)30-12-19(25)22(2)3/h4-10H,11-12H2,1-3H3,(H,21,24). The van der Waals surface area contributed by atoms with E-state index in [1.165, 1.54) is 34.9 Å². The third-order valence-electron chi connectivity index (χ3n) is 4.00. The topological polar surface area (TPSA) is 119 Å². The summed E-state index contributed by atoms with van der Waals surface area (Å²) in [7, 11) is 3.29. The number of ether oxygens (including phenoxy) is 1. The first-order chi connectivity index (χ1) is 14.2. The Morgan fingerprint density at radius 1 is 1.17 bits per heavy atom. The van der Waals surface area contributed by atoms with Crippen LogP contribution in [0.5, 0.6) is 0 Å². The summed E-state index contributed by atoms with van der Waals surface area (Å²) in [6.45, 7) is 1.13. The number of nitro benzene ring substituents is 1. The Bertz CT molecular complexity index is 977. The van der Waals surface area contributed by atoms with E-state index in [9.17, 15) is 24.5 Å². The lowest BCUT2D eigenvalue weighted by atomic mass is 10.2. The number of esters is 1. The first kappa shape index (κ1) is 22.9. The molecule has 0 unspecified atom stereocenters. The van der Waals surface area contributed by atoms with E-state index >= 15 is 0 Å². The predicted octanol–water partition coefficient (Wildman–Crippen LogP) is 2.88. The average molecular weight is 431 g/mol. The van der Waals surface area contributed by atoms with Crippen molar-refractivity contribution in [2.45, 2.75) is 11.8 Å². The molecule has 0 aliphatic carbocycles. The van der Waals surface area contributed by atoms with Gasteiger partial charge in [-0.3, -0.25) is 19.7 Å². The second-order valence-corrected chi connectivity index (χ2v) is 7.47. The van der Waals surface area contributed by atoms with Gasteiger partial charge in [0, 0.05) is 31.1 Å². The molecule has 0 saturated heterocycles. The van der Waals surface area contributed by atoms with Crippen molar-refractivity contribution in [3.8, 4) is 0 Å². The fourth-order valence-corrected chi connectivity index (χ4v) is 3.30. The number of aryl methyl sites for hydroxylation is 1. The SMILES string of the molecule is Cc1ccc([N+](=O)[O-])cc1NC(=O)COC(=O)c1ccccc1SCC(=O)N(C)C. The Hall–Kier alpha value is -3.40. The van der Waals surface area contributed by atoms with Crippen molar-refractivity contribution in [1.82, 2.24) is 4.90 Å². The summed E-state index contributed by atoms with van der Waals surface area (Å²) in [6, 6.07) is 10.7. The molecule has 2 aromatic rings. The molecule has 0 radical (unpaired) electrons. The van der Waals surface area contributed by atoms with E-state index in [0.29, 0.717) is 10.5 Å². The van der Waals surface area contributed by atoms with E-state index in [2.05, 4.69) is 5.32 Å². The van der Waals surface area contributed by atoms with Crippen LogP contribution in [0.15, 0.2) is 47.4 Å².